The Balaban J connectivity index is 1.57. The van der Waals surface area contributed by atoms with Crippen LogP contribution in [-0.2, 0) is 35.1 Å². The maximum absolute atomic E-state index is 12.3. The molecule has 0 aliphatic heterocycles. The highest BCUT2D eigenvalue weighted by molar-refractivity contribution is 7.86. The molecule has 254 valence electrons. The molecular formula is C29H24N6O11S3. The highest BCUT2D eigenvalue weighted by Gasteiger charge is 2.25. The van der Waals surface area contributed by atoms with Gasteiger partial charge in [-0.15, -0.1) is 5.11 Å². The van der Waals surface area contributed by atoms with Gasteiger partial charge < -0.3 is 21.6 Å². The number of aromatic hydroxyl groups is 1. The summed E-state index contributed by atoms with van der Waals surface area (Å²) >= 11 is 0. The number of carbonyl (C=O) groups is 1. The Labute approximate surface area is 278 Å². The summed E-state index contributed by atoms with van der Waals surface area (Å²) in [6, 6.07) is 15.3. The molecule has 0 unspecified atom stereocenters. The van der Waals surface area contributed by atoms with Crippen LogP contribution in [0.4, 0.5) is 34.1 Å². The third kappa shape index (κ3) is 7.43. The number of anilines is 4. The predicted molar refractivity (Wildman–Crippen MR) is 180 cm³/mol. The monoisotopic (exact) mass is 728 g/mol. The largest absolute Gasteiger partial charge is 0.505 e. The van der Waals surface area contributed by atoms with Crippen LogP contribution >= 0.6 is 0 Å². The first-order valence-electron chi connectivity index (χ1n) is 13.4. The average Bonchev–Trinajstić information content (AvgIpc) is 3.02. The van der Waals surface area contributed by atoms with Crippen LogP contribution in [0, 0.1) is 0 Å². The van der Waals surface area contributed by atoms with E-state index in [1.54, 1.807) is 24.3 Å². The second-order valence-corrected chi connectivity index (χ2v) is 14.4. The minimum atomic E-state index is -5.10. The molecule has 0 fully saturated rings. The quantitative estimate of drug-likeness (QED) is 0.0235. The van der Waals surface area contributed by atoms with Crippen LogP contribution in [0.5, 0.6) is 5.75 Å². The first kappa shape index (κ1) is 34.7. The van der Waals surface area contributed by atoms with Crippen molar-refractivity contribution in [3.8, 4) is 5.75 Å². The van der Waals surface area contributed by atoms with Gasteiger partial charge in [0.25, 0.3) is 30.4 Å². The van der Waals surface area contributed by atoms with Crippen LogP contribution in [-0.4, -0.2) is 49.9 Å². The van der Waals surface area contributed by atoms with Gasteiger partial charge in [-0.1, -0.05) is 12.6 Å². The highest BCUT2D eigenvalue weighted by Crippen LogP contribution is 2.42. The van der Waals surface area contributed by atoms with Gasteiger partial charge in [0.05, 0.1) is 27.6 Å². The summed E-state index contributed by atoms with van der Waals surface area (Å²) in [6.45, 7) is 3.38. The number of azo groups is 1. The van der Waals surface area contributed by atoms with E-state index in [0.29, 0.717) is 16.8 Å². The van der Waals surface area contributed by atoms with E-state index in [4.69, 9.17) is 5.73 Å². The number of hydrazine groups is 1. The zero-order chi connectivity index (χ0) is 35.9. The number of benzene rings is 5. The van der Waals surface area contributed by atoms with E-state index in [1.165, 1.54) is 18.2 Å². The van der Waals surface area contributed by atoms with Gasteiger partial charge in [0.15, 0.2) is 0 Å². The number of phenols is 1. The second-order valence-electron chi connectivity index (χ2n) is 10.2. The minimum absolute atomic E-state index is 0.0591. The summed E-state index contributed by atoms with van der Waals surface area (Å²) < 4.78 is 101. The van der Waals surface area contributed by atoms with Gasteiger partial charge in [0.1, 0.15) is 21.2 Å². The molecule has 5 aromatic carbocycles. The van der Waals surface area contributed by atoms with Crippen LogP contribution in [0.3, 0.4) is 0 Å². The highest BCUT2D eigenvalue weighted by atomic mass is 32.2. The zero-order valence-electron chi connectivity index (χ0n) is 24.6. The number of amides is 1. The third-order valence-corrected chi connectivity index (χ3v) is 9.58. The van der Waals surface area contributed by atoms with Gasteiger partial charge in [0, 0.05) is 21.8 Å². The molecule has 0 aromatic heterocycles. The van der Waals surface area contributed by atoms with Crippen molar-refractivity contribution in [1.29, 1.82) is 0 Å². The molecule has 0 aliphatic carbocycles. The molecule has 20 heteroatoms. The molecule has 49 heavy (non-hydrogen) atoms. The van der Waals surface area contributed by atoms with Crippen molar-refractivity contribution in [3.63, 3.8) is 0 Å². The molecule has 1 amide bonds. The van der Waals surface area contributed by atoms with Gasteiger partial charge in [-0.05, 0) is 78.2 Å². The number of nitrogens with two attached hydrogens (primary N) is 1. The molecule has 9 N–H and O–H groups in total. The molecule has 0 heterocycles. The van der Waals surface area contributed by atoms with Crippen molar-refractivity contribution in [3.05, 3.63) is 85.5 Å². The van der Waals surface area contributed by atoms with Crippen LogP contribution < -0.4 is 21.9 Å². The number of nitrogen functional groups attached to an aromatic ring is 1. The van der Waals surface area contributed by atoms with Crippen molar-refractivity contribution in [2.45, 2.75) is 14.7 Å². The normalized spacial score (nSPS) is 12.3. The Hall–Kier alpha value is -5.64. The number of carbonyl (C=O) groups excluding carboxylic acids is 1. The lowest BCUT2D eigenvalue weighted by Gasteiger charge is -2.18. The van der Waals surface area contributed by atoms with Crippen molar-refractivity contribution < 1.29 is 48.8 Å². The van der Waals surface area contributed by atoms with E-state index in [9.17, 15) is 48.8 Å². The summed E-state index contributed by atoms with van der Waals surface area (Å²) in [5.74, 6) is -1.22. The summed E-state index contributed by atoms with van der Waals surface area (Å²) in [5.41, 5.74) is 10.9. The molecule has 0 saturated heterocycles. The summed E-state index contributed by atoms with van der Waals surface area (Å²) in [5, 5.41) is 22.0. The van der Waals surface area contributed by atoms with E-state index in [2.05, 4.69) is 33.0 Å². The Bertz CT molecular complexity index is 2560. The number of hydrogen-bond acceptors (Lipinski definition) is 13. The van der Waals surface area contributed by atoms with Gasteiger partial charge in [-0.25, -0.2) is 0 Å². The number of hydrogen-bond donors (Lipinski definition) is 8. The number of rotatable bonds is 10. The predicted octanol–water partition coefficient (Wildman–Crippen LogP) is 5.00. The fraction of sp³-hybridized carbons (Fsp3) is 0. The Morgan fingerprint density at radius 1 is 0.735 bits per heavy atom. The Kier molecular flexibility index (Phi) is 9.03. The average molecular weight is 729 g/mol. The number of nitrogens with zero attached hydrogens (tertiary/aromatic N) is 2. The van der Waals surface area contributed by atoms with Crippen molar-refractivity contribution in [2.24, 2.45) is 10.2 Å². The fourth-order valence-electron chi connectivity index (χ4n) is 4.66. The fourth-order valence-corrected chi connectivity index (χ4v) is 6.48. The zero-order valence-corrected chi connectivity index (χ0v) is 27.0. The van der Waals surface area contributed by atoms with Gasteiger partial charge in [-0.3, -0.25) is 23.9 Å². The number of fused-ring (bicyclic) bond motifs is 2. The Morgan fingerprint density at radius 2 is 1.39 bits per heavy atom. The molecule has 5 aromatic rings. The SMILES string of the molecule is C=CC(=O)Nc1ccc(/N=N/c2ccc(NNc3c(S(=O)(=O)O)cc4cc(S(=O)(=O)O)c(N)cc4c3O)c3cc(S(=O)(=O)O)ccc23)cc1. The van der Waals surface area contributed by atoms with Crippen molar-refractivity contribution >= 4 is 91.9 Å². The van der Waals surface area contributed by atoms with Crippen LogP contribution in [0.15, 0.2) is 110 Å². The number of phenolic OH excluding ortho intramolecular Hbond substituents is 1. The molecular weight excluding hydrogens is 705 g/mol. The minimum Gasteiger partial charge on any atom is -0.505 e. The van der Waals surface area contributed by atoms with Crippen LogP contribution in [0.25, 0.3) is 21.5 Å². The molecule has 5 rings (SSSR count). The van der Waals surface area contributed by atoms with Crippen LogP contribution in [0.1, 0.15) is 0 Å². The number of nitrogens with one attached hydrogen (secondary N) is 3. The molecule has 0 bridgehead atoms. The van der Waals surface area contributed by atoms with Gasteiger partial charge in [-0.2, -0.15) is 30.4 Å². The summed E-state index contributed by atoms with van der Waals surface area (Å²) in [7, 11) is -14.6. The lowest BCUT2D eigenvalue weighted by molar-refractivity contribution is -0.111. The lowest BCUT2D eigenvalue weighted by atomic mass is 10.1. The maximum atomic E-state index is 12.3. The first-order chi connectivity index (χ1) is 22.9. The van der Waals surface area contributed by atoms with E-state index in [-0.39, 0.29) is 27.5 Å². The van der Waals surface area contributed by atoms with Gasteiger partial charge in [0.2, 0.25) is 5.91 Å². The molecule has 17 nitrogen and oxygen atoms in total. The molecule has 0 atom stereocenters. The summed E-state index contributed by atoms with van der Waals surface area (Å²) in [4.78, 5) is 9.31. The van der Waals surface area contributed by atoms with E-state index >= 15 is 0 Å². The lowest BCUT2D eigenvalue weighted by Crippen LogP contribution is -2.13. The van der Waals surface area contributed by atoms with Crippen LogP contribution in [0.2, 0.25) is 0 Å². The molecule has 0 saturated carbocycles. The van der Waals surface area contributed by atoms with E-state index in [0.717, 1.165) is 36.4 Å². The van der Waals surface area contributed by atoms with E-state index in [1.807, 2.05) is 0 Å². The maximum Gasteiger partial charge on any atom is 0.296 e. The topological polar surface area (TPSA) is 287 Å². The third-order valence-electron chi connectivity index (χ3n) is 6.94. The van der Waals surface area contributed by atoms with Gasteiger partial charge >= 0.3 is 0 Å². The molecule has 0 aliphatic rings. The van der Waals surface area contributed by atoms with E-state index < -0.39 is 68.1 Å². The standard InChI is InChI=1S/C29H24N6O11S3/c1-2-27(36)31-16-3-5-17(6-4-16)32-33-23-9-10-24(21-13-18(47(38,39)40)7-8-19(21)23)34-35-28-26(49(44,45)46)12-15-11-25(48(41,42)43)22(30)14-20(15)29(28)37/h2-14,34-35,37H,1,30H2,(H,31,36)(H,38,39,40)(H,41,42,43)(H,44,45,46)/b33-32+. The van der Waals surface area contributed by atoms with Crippen molar-refractivity contribution in [1.82, 2.24) is 0 Å². The molecule has 0 radical (unpaired) electrons. The molecule has 0 spiro atoms. The summed E-state index contributed by atoms with van der Waals surface area (Å²) in [6.07, 6.45) is 1.11. The second kappa shape index (κ2) is 12.8. The first-order valence-corrected chi connectivity index (χ1v) is 17.7. The van der Waals surface area contributed by atoms with Crippen molar-refractivity contribution in [2.75, 3.05) is 21.9 Å². The smallest absolute Gasteiger partial charge is 0.296 e. The Morgan fingerprint density at radius 3 is 2.00 bits per heavy atom.